The maximum Gasteiger partial charge on any atom is 0.242 e. The van der Waals surface area contributed by atoms with E-state index in [9.17, 15) is 18.0 Å². The van der Waals surface area contributed by atoms with Crippen molar-refractivity contribution >= 4 is 39.1 Å². The molecule has 0 bridgehead atoms. The van der Waals surface area contributed by atoms with Crippen LogP contribution in [0.5, 0.6) is 0 Å². The van der Waals surface area contributed by atoms with Gasteiger partial charge in [0.1, 0.15) is 6.04 Å². The van der Waals surface area contributed by atoms with Crippen molar-refractivity contribution < 1.29 is 18.0 Å². The molecule has 7 nitrogen and oxygen atoms in total. The molecule has 180 valence electrons. The van der Waals surface area contributed by atoms with Gasteiger partial charge in [-0.15, -0.1) is 0 Å². The number of nitrogens with one attached hydrogen (secondary N) is 1. The standard InChI is InChI=1S/C24H32ClN3O4S/c1-4-16-26-24(30)19(2)27(18-20-9-6-5-7-10-20)23(29)11-8-17-28(33(3,31)32)22-14-12-21(25)13-15-22/h5-7,9-10,12-15,19H,4,8,11,16-18H2,1-3H3,(H,26,30)/t19-/m0/s1. The highest BCUT2D eigenvalue weighted by molar-refractivity contribution is 7.92. The number of hydrogen-bond donors (Lipinski definition) is 1. The highest BCUT2D eigenvalue weighted by Gasteiger charge is 2.26. The van der Waals surface area contributed by atoms with Crippen molar-refractivity contribution in [1.82, 2.24) is 10.2 Å². The van der Waals surface area contributed by atoms with Crippen LogP contribution in [-0.4, -0.2) is 50.5 Å². The summed E-state index contributed by atoms with van der Waals surface area (Å²) in [5.41, 5.74) is 1.41. The normalized spacial score (nSPS) is 12.1. The molecule has 0 spiro atoms. The summed E-state index contributed by atoms with van der Waals surface area (Å²) in [5, 5.41) is 3.35. The molecular weight excluding hydrogens is 462 g/mol. The number of anilines is 1. The lowest BCUT2D eigenvalue weighted by atomic mass is 10.1. The molecule has 1 N–H and O–H groups in total. The molecule has 0 aliphatic carbocycles. The van der Waals surface area contributed by atoms with Crippen molar-refractivity contribution in [2.45, 2.75) is 45.7 Å². The van der Waals surface area contributed by atoms with Gasteiger partial charge in [0.05, 0.1) is 11.9 Å². The molecule has 2 rings (SSSR count). The average molecular weight is 494 g/mol. The number of amides is 2. The molecule has 0 aliphatic heterocycles. The molecule has 0 fully saturated rings. The van der Waals surface area contributed by atoms with E-state index < -0.39 is 16.1 Å². The zero-order valence-electron chi connectivity index (χ0n) is 19.3. The first-order chi connectivity index (χ1) is 15.6. The van der Waals surface area contributed by atoms with Crippen LogP contribution >= 0.6 is 11.6 Å². The van der Waals surface area contributed by atoms with Crippen LogP contribution in [0.4, 0.5) is 5.69 Å². The number of carbonyl (C=O) groups excluding carboxylic acids is 2. The Morgan fingerprint density at radius 2 is 1.70 bits per heavy atom. The van der Waals surface area contributed by atoms with Crippen molar-refractivity contribution in [2.75, 3.05) is 23.7 Å². The lowest BCUT2D eigenvalue weighted by Gasteiger charge is -2.29. The summed E-state index contributed by atoms with van der Waals surface area (Å²) in [6.45, 7) is 4.66. The van der Waals surface area contributed by atoms with Crippen molar-refractivity contribution in [2.24, 2.45) is 0 Å². The Kier molecular flexibility index (Phi) is 10.2. The Hall–Kier alpha value is -2.58. The molecule has 2 aromatic carbocycles. The van der Waals surface area contributed by atoms with Crippen LogP contribution < -0.4 is 9.62 Å². The fraction of sp³-hybridized carbons (Fsp3) is 0.417. The van der Waals surface area contributed by atoms with Crippen LogP contribution in [0.2, 0.25) is 5.02 Å². The van der Waals surface area contributed by atoms with Gasteiger partial charge < -0.3 is 10.2 Å². The first-order valence-corrected chi connectivity index (χ1v) is 13.2. The first-order valence-electron chi connectivity index (χ1n) is 11.0. The van der Waals surface area contributed by atoms with Crippen LogP contribution in [0, 0.1) is 0 Å². The third kappa shape index (κ3) is 8.37. The van der Waals surface area contributed by atoms with Gasteiger partial charge >= 0.3 is 0 Å². The van der Waals surface area contributed by atoms with Gasteiger partial charge in [-0.3, -0.25) is 13.9 Å². The van der Waals surface area contributed by atoms with E-state index in [-0.39, 0.29) is 24.8 Å². The summed E-state index contributed by atoms with van der Waals surface area (Å²) in [6, 6.07) is 15.3. The summed E-state index contributed by atoms with van der Waals surface area (Å²) in [7, 11) is -3.54. The molecule has 0 unspecified atom stereocenters. The van der Waals surface area contributed by atoms with Crippen molar-refractivity contribution in [3.63, 3.8) is 0 Å². The van der Waals surface area contributed by atoms with Crippen LogP contribution in [0.3, 0.4) is 0 Å². The van der Waals surface area contributed by atoms with Gasteiger partial charge in [-0.05, 0) is 49.6 Å². The highest BCUT2D eigenvalue weighted by Crippen LogP contribution is 2.21. The number of carbonyl (C=O) groups is 2. The molecular formula is C24H32ClN3O4S. The SMILES string of the molecule is CCCNC(=O)[C@H](C)N(Cc1ccccc1)C(=O)CCCN(c1ccc(Cl)cc1)S(C)(=O)=O. The third-order valence-corrected chi connectivity index (χ3v) is 6.63. The molecule has 1 atom stereocenters. The molecule has 33 heavy (non-hydrogen) atoms. The number of benzene rings is 2. The molecule has 9 heteroatoms. The maximum atomic E-state index is 13.1. The summed E-state index contributed by atoms with van der Waals surface area (Å²) in [5.74, 6) is -0.414. The van der Waals surface area contributed by atoms with E-state index in [4.69, 9.17) is 11.6 Å². The van der Waals surface area contributed by atoms with Crippen molar-refractivity contribution in [3.05, 3.63) is 65.2 Å². The smallest absolute Gasteiger partial charge is 0.242 e. The van der Waals surface area contributed by atoms with Gasteiger partial charge in [-0.25, -0.2) is 8.42 Å². The minimum Gasteiger partial charge on any atom is -0.354 e. The van der Waals surface area contributed by atoms with E-state index in [0.717, 1.165) is 18.2 Å². The Balaban J connectivity index is 2.11. The zero-order valence-corrected chi connectivity index (χ0v) is 20.9. The first kappa shape index (κ1) is 26.7. The van der Waals surface area contributed by atoms with E-state index >= 15 is 0 Å². The second-order valence-corrected chi connectivity index (χ2v) is 10.2. The number of nitrogens with zero attached hydrogens (tertiary/aromatic N) is 2. The monoisotopic (exact) mass is 493 g/mol. The van der Waals surface area contributed by atoms with Crippen LogP contribution in [0.1, 0.15) is 38.7 Å². The predicted octanol–water partition coefficient (Wildman–Crippen LogP) is 3.83. The Morgan fingerprint density at radius 3 is 2.27 bits per heavy atom. The average Bonchev–Trinajstić information content (AvgIpc) is 2.78. The second kappa shape index (κ2) is 12.6. The fourth-order valence-electron chi connectivity index (χ4n) is 3.37. The molecule has 0 saturated heterocycles. The van der Waals surface area contributed by atoms with Crippen LogP contribution in [0.25, 0.3) is 0 Å². The molecule has 2 aromatic rings. The van der Waals surface area contributed by atoms with Gasteiger partial charge in [0.25, 0.3) is 0 Å². The van der Waals surface area contributed by atoms with Gasteiger partial charge in [-0.1, -0.05) is 48.9 Å². The number of hydrogen-bond acceptors (Lipinski definition) is 4. The highest BCUT2D eigenvalue weighted by atomic mass is 35.5. The minimum absolute atomic E-state index is 0.109. The fourth-order valence-corrected chi connectivity index (χ4v) is 4.46. The van der Waals surface area contributed by atoms with E-state index in [1.807, 2.05) is 37.3 Å². The topological polar surface area (TPSA) is 86.8 Å². The molecule has 0 aromatic heterocycles. The summed E-state index contributed by atoms with van der Waals surface area (Å²) in [6.07, 6.45) is 2.35. The summed E-state index contributed by atoms with van der Waals surface area (Å²) < 4.78 is 25.9. The third-order valence-electron chi connectivity index (χ3n) is 5.18. The Labute approximate surface area is 201 Å². The second-order valence-electron chi connectivity index (χ2n) is 7.89. The van der Waals surface area contributed by atoms with Gasteiger partial charge in [0.15, 0.2) is 0 Å². The van der Waals surface area contributed by atoms with Gasteiger partial charge in [-0.2, -0.15) is 0 Å². The molecule has 0 saturated carbocycles. The van der Waals surface area contributed by atoms with Crippen LogP contribution in [0.15, 0.2) is 54.6 Å². The number of sulfonamides is 1. The maximum absolute atomic E-state index is 13.1. The van der Waals surface area contributed by atoms with Crippen molar-refractivity contribution in [3.8, 4) is 0 Å². The minimum atomic E-state index is -3.54. The van der Waals surface area contributed by atoms with Gasteiger partial charge in [0, 0.05) is 31.1 Å². The lowest BCUT2D eigenvalue weighted by molar-refractivity contribution is -0.140. The van der Waals surface area contributed by atoms with Gasteiger partial charge in [0.2, 0.25) is 21.8 Å². The largest absolute Gasteiger partial charge is 0.354 e. The summed E-state index contributed by atoms with van der Waals surface area (Å²) in [4.78, 5) is 27.2. The Bertz CT molecular complexity index is 1010. The predicted molar refractivity (Wildman–Crippen MR) is 133 cm³/mol. The zero-order chi connectivity index (χ0) is 24.4. The van der Waals surface area contributed by atoms with E-state index in [0.29, 0.717) is 30.2 Å². The van der Waals surface area contributed by atoms with E-state index in [2.05, 4.69) is 5.32 Å². The lowest BCUT2D eigenvalue weighted by Crippen LogP contribution is -2.47. The molecule has 2 amide bonds. The number of rotatable bonds is 12. The Morgan fingerprint density at radius 1 is 1.06 bits per heavy atom. The van der Waals surface area contributed by atoms with Crippen molar-refractivity contribution in [1.29, 1.82) is 0 Å². The number of halogens is 1. The van der Waals surface area contributed by atoms with Crippen LogP contribution in [-0.2, 0) is 26.2 Å². The summed E-state index contributed by atoms with van der Waals surface area (Å²) >= 11 is 5.91. The van der Waals surface area contributed by atoms with E-state index in [1.54, 1.807) is 36.1 Å². The van der Waals surface area contributed by atoms with E-state index in [1.165, 1.54) is 4.31 Å². The quantitative estimate of drug-likeness (QED) is 0.486. The molecule has 0 radical (unpaired) electrons. The molecule has 0 heterocycles. The molecule has 0 aliphatic rings.